The minimum atomic E-state index is -0.443. The van der Waals surface area contributed by atoms with Gasteiger partial charge in [0, 0.05) is 30.9 Å². The van der Waals surface area contributed by atoms with Crippen LogP contribution in [0.2, 0.25) is 0 Å². The van der Waals surface area contributed by atoms with Gasteiger partial charge in [0.2, 0.25) is 0 Å². The Morgan fingerprint density at radius 2 is 2.27 bits per heavy atom. The number of likely N-dealkylation sites (tertiary alicyclic amines) is 1. The number of hydrogen-bond acceptors (Lipinski definition) is 4. The largest absolute Gasteiger partial charge is 0.444 e. The minimum Gasteiger partial charge on any atom is -0.444 e. The van der Waals surface area contributed by atoms with E-state index in [4.69, 9.17) is 4.74 Å². The van der Waals surface area contributed by atoms with Gasteiger partial charge in [-0.3, -0.25) is 5.10 Å². The molecule has 1 aromatic rings. The smallest absolute Gasteiger partial charge is 0.410 e. The van der Waals surface area contributed by atoms with Gasteiger partial charge in [-0.05, 0) is 53.5 Å². The summed E-state index contributed by atoms with van der Waals surface area (Å²) in [7, 11) is 0. The van der Waals surface area contributed by atoms with E-state index >= 15 is 0 Å². The van der Waals surface area contributed by atoms with E-state index in [0.717, 1.165) is 25.1 Å². The Labute approximate surface area is 132 Å². The van der Waals surface area contributed by atoms with Crippen LogP contribution in [-0.4, -0.2) is 45.4 Å². The first-order valence-corrected chi connectivity index (χ1v) is 8.01. The number of H-pyrrole nitrogens is 1. The average molecular weight is 308 g/mol. The number of amides is 1. The first-order chi connectivity index (χ1) is 10.3. The van der Waals surface area contributed by atoms with Gasteiger partial charge in [-0.25, -0.2) is 4.79 Å². The van der Waals surface area contributed by atoms with E-state index < -0.39 is 5.60 Å². The molecule has 3 unspecified atom stereocenters. The summed E-state index contributed by atoms with van der Waals surface area (Å²) in [5.41, 5.74) is 0.642. The standard InChI is InChI=1S/C16H28N4O2/c1-11-10-13(18-12(2)14-6-8-17-19-14)7-9-20(11)15(21)22-16(3,4)5/h6,8,11-13,18H,7,9-10H2,1-5H3,(H,17,19). The third-order valence-corrected chi connectivity index (χ3v) is 3.98. The molecule has 0 aromatic carbocycles. The number of carbonyl (C=O) groups excluding carboxylic acids is 1. The van der Waals surface area contributed by atoms with Crippen LogP contribution in [0.25, 0.3) is 0 Å². The van der Waals surface area contributed by atoms with Crippen LogP contribution in [0.1, 0.15) is 59.2 Å². The molecule has 6 heteroatoms. The number of nitrogens with one attached hydrogen (secondary N) is 2. The summed E-state index contributed by atoms with van der Waals surface area (Å²) >= 11 is 0. The number of rotatable bonds is 3. The Morgan fingerprint density at radius 3 is 2.82 bits per heavy atom. The van der Waals surface area contributed by atoms with Crippen LogP contribution < -0.4 is 5.32 Å². The Bertz CT molecular complexity index is 481. The molecule has 2 N–H and O–H groups in total. The van der Waals surface area contributed by atoms with Gasteiger partial charge in [0.25, 0.3) is 0 Å². The summed E-state index contributed by atoms with van der Waals surface area (Å²) in [5, 5.41) is 10.6. The lowest BCUT2D eigenvalue weighted by atomic mass is 9.97. The third-order valence-electron chi connectivity index (χ3n) is 3.98. The third kappa shape index (κ3) is 4.47. The average Bonchev–Trinajstić information content (AvgIpc) is 2.90. The number of piperidine rings is 1. The first-order valence-electron chi connectivity index (χ1n) is 8.01. The second-order valence-electron chi connectivity index (χ2n) is 7.14. The van der Waals surface area contributed by atoms with Gasteiger partial charge in [-0.2, -0.15) is 5.10 Å². The Morgan fingerprint density at radius 1 is 1.55 bits per heavy atom. The molecule has 0 radical (unpaired) electrons. The van der Waals surface area contributed by atoms with Gasteiger partial charge in [0.1, 0.15) is 5.60 Å². The molecule has 1 aliphatic rings. The van der Waals surface area contributed by atoms with Crippen molar-refractivity contribution in [3.05, 3.63) is 18.0 Å². The molecular formula is C16H28N4O2. The highest BCUT2D eigenvalue weighted by molar-refractivity contribution is 5.68. The molecule has 1 aromatic heterocycles. The second-order valence-corrected chi connectivity index (χ2v) is 7.14. The monoisotopic (exact) mass is 308 g/mol. The molecule has 2 heterocycles. The van der Waals surface area contributed by atoms with Crippen molar-refractivity contribution in [3.8, 4) is 0 Å². The van der Waals surface area contributed by atoms with Crippen molar-refractivity contribution in [1.82, 2.24) is 20.4 Å². The zero-order valence-electron chi connectivity index (χ0n) is 14.2. The van der Waals surface area contributed by atoms with Crippen LogP contribution in [0.5, 0.6) is 0 Å². The number of carbonyl (C=O) groups is 1. The maximum atomic E-state index is 12.2. The summed E-state index contributed by atoms with van der Waals surface area (Å²) in [6.45, 7) is 10.6. The van der Waals surface area contributed by atoms with Crippen LogP contribution in [0.15, 0.2) is 12.3 Å². The minimum absolute atomic E-state index is 0.176. The maximum absolute atomic E-state index is 12.2. The highest BCUT2D eigenvalue weighted by Gasteiger charge is 2.32. The summed E-state index contributed by atoms with van der Waals surface area (Å²) in [6, 6.07) is 2.78. The molecule has 124 valence electrons. The number of ether oxygens (including phenoxy) is 1. The number of aromatic nitrogens is 2. The molecule has 6 nitrogen and oxygen atoms in total. The summed E-state index contributed by atoms with van der Waals surface area (Å²) in [6.07, 6.45) is 3.42. The van der Waals surface area contributed by atoms with Crippen LogP contribution >= 0.6 is 0 Å². The number of aromatic amines is 1. The normalized spacial score (nSPS) is 24.1. The van der Waals surface area contributed by atoms with Crippen molar-refractivity contribution in [3.63, 3.8) is 0 Å². The SMILES string of the molecule is CC(NC1CCN(C(=O)OC(C)(C)C)C(C)C1)c1ccn[nH]1. The molecule has 0 bridgehead atoms. The van der Waals surface area contributed by atoms with Crippen LogP contribution in [-0.2, 0) is 4.74 Å². The highest BCUT2D eigenvalue weighted by atomic mass is 16.6. The quantitative estimate of drug-likeness (QED) is 0.901. The molecule has 0 spiro atoms. The van der Waals surface area contributed by atoms with Gasteiger partial charge in [-0.1, -0.05) is 0 Å². The van der Waals surface area contributed by atoms with E-state index in [1.54, 1.807) is 6.20 Å². The van der Waals surface area contributed by atoms with Gasteiger partial charge in [0.05, 0.1) is 5.69 Å². The zero-order valence-corrected chi connectivity index (χ0v) is 14.2. The zero-order chi connectivity index (χ0) is 16.3. The molecule has 1 saturated heterocycles. The summed E-state index contributed by atoms with van der Waals surface area (Å²) < 4.78 is 5.48. The molecule has 0 aliphatic carbocycles. The fourth-order valence-corrected chi connectivity index (χ4v) is 2.87. The lowest BCUT2D eigenvalue weighted by Gasteiger charge is -2.39. The molecule has 1 amide bonds. The molecule has 3 atom stereocenters. The second kappa shape index (κ2) is 6.69. The molecule has 1 aliphatic heterocycles. The Kier molecular flexibility index (Phi) is 5.11. The molecule has 1 fully saturated rings. The fraction of sp³-hybridized carbons (Fsp3) is 0.750. The molecule has 0 saturated carbocycles. The highest BCUT2D eigenvalue weighted by Crippen LogP contribution is 2.22. The molecular weight excluding hydrogens is 280 g/mol. The van der Waals surface area contributed by atoms with Gasteiger partial charge >= 0.3 is 6.09 Å². The first kappa shape index (κ1) is 16.8. The fourth-order valence-electron chi connectivity index (χ4n) is 2.87. The van der Waals surface area contributed by atoms with Crippen LogP contribution in [0, 0.1) is 0 Å². The lowest BCUT2D eigenvalue weighted by Crippen LogP contribution is -2.51. The maximum Gasteiger partial charge on any atom is 0.410 e. The van der Waals surface area contributed by atoms with Crippen molar-refractivity contribution in [1.29, 1.82) is 0 Å². The van der Waals surface area contributed by atoms with Gasteiger partial charge < -0.3 is 15.0 Å². The van der Waals surface area contributed by atoms with E-state index in [2.05, 4.69) is 29.4 Å². The van der Waals surface area contributed by atoms with Crippen molar-refractivity contribution < 1.29 is 9.53 Å². The van der Waals surface area contributed by atoms with E-state index in [0.29, 0.717) is 6.04 Å². The molecule has 22 heavy (non-hydrogen) atoms. The topological polar surface area (TPSA) is 70.2 Å². The van der Waals surface area contributed by atoms with Crippen LogP contribution in [0.3, 0.4) is 0 Å². The van der Waals surface area contributed by atoms with E-state index in [1.807, 2.05) is 31.7 Å². The van der Waals surface area contributed by atoms with E-state index in [1.165, 1.54) is 0 Å². The predicted octanol–water partition coefficient (Wildman–Crippen LogP) is 2.85. The van der Waals surface area contributed by atoms with E-state index in [9.17, 15) is 4.79 Å². The number of hydrogen-bond donors (Lipinski definition) is 2. The number of nitrogens with zero attached hydrogens (tertiary/aromatic N) is 2. The van der Waals surface area contributed by atoms with Crippen molar-refractivity contribution >= 4 is 6.09 Å². The summed E-state index contributed by atoms with van der Waals surface area (Å²) in [5.74, 6) is 0. The van der Waals surface area contributed by atoms with Crippen molar-refractivity contribution in [2.24, 2.45) is 0 Å². The van der Waals surface area contributed by atoms with Crippen molar-refractivity contribution in [2.75, 3.05) is 6.54 Å². The lowest BCUT2D eigenvalue weighted by molar-refractivity contribution is 0.00903. The van der Waals surface area contributed by atoms with E-state index in [-0.39, 0.29) is 18.2 Å². The Hall–Kier alpha value is -1.56. The van der Waals surface area contributed by atoms with Crippen molar-refractivity contribution in [2.45, 2.75) is 71.2 Å². The Balaban J connectivity index is 1.86. The van der Waals surface area contributed by atoms with Crippen LogP contribution in [0.4, 0.5) is 4.79 Å². The summed E-state index contributed by atoms with van der Waals surface area (Å²) in [4.78, 5) is 14.0. The van der Waals surface area contributed by atoms with Gasteiger partial charge in [0.15, 0.2) is 0 Å². The van der Waals surface area contributed by atoms with Gasteiger partial charge in [-0.15, -0.1) is 0 Å². The predicted molar refractivity (Wildman–Crippen MR) is 85.6 cm³/mol. The molecule has 2 rings (SSSR count).